The summed E-state index contributed by atoms with van der Waals surface area (Å²) in [6.07, 6.45) is 1.63. The van der Waals surface area contributed by atoms with Gasteiger partial charge in [0.1, 0.15) is 5.82 Å². The average Bonchev–Trinajstić information content (AvgIpc) is 2.62. The molecule has 1 fully saturated rings. The Morgan fingerprint density at radius 3 is 2.50 bits per heavy atom. The fraction of sp³-hybridized carbons (Fsp3) is 0.316. The number of nitrogens with zero attached hydrogens (tertiary/aromatic N) is 3. The summed E-state index contributed by atoms with van der Waals surface area (Å²) in [5.74, 6) is 0.487. The topological polar surface area (TPSA) is 77.6 Å². The van der Waals surface area contributed by atoms with Gasteiger partial charge in [-0.25, -0.2) is 4.98 Å². The number of pyridine rings is 1. The van der Waals surface area contributed by atoms with Crippen LogP contribution in [0.3, 0.4) is 0 Å². The summed E-state index contributed by atoms with van der Waals surface area (Å²) in [4.78, 5) is 32.2. The van der Waals surface area contributed by atoms with Gasteiger partial charge < -0.3 is 20.4 Å². The summed E-state index contributed by atoms with van der Waals surface area (Å²) >= 11 is 0. The first-order chi connectivity index (χ1) is 12.5. The van der Waals surface area contributed by atoms with Crippen LogP contribution in [0.4, 0.5) is 17.2 Å². The van der Waals surface area contributed by atoms with E-state index in [1.807, 2.05) is 29.2 Å². The molecule has 0 saturated carbocycles. The normalized spacial score (nSPS) is 14.8. The van der Waals surface area contributed by atoms with Crippen LogP contribution in [0.1, 0.15) is 17.3 Å². The highest BCUT2D eigenvalue weighted by molar-refractivity contribution is 5.95. The fourth-order valence-electron chi connectivity index (χ4n) is 2.85. The molecule has 136 valence electrons. The second-order valence-electron chi connectivity index (χ2n) is 6.41. The molecule has 2 heterocycles. The molecule has 1 aliphatic rings. The molecule has 26 heavy (non-hydrogen) atoms. The van der Waals surface area contributed by atoms with Crippen LogP contribution in [0.15, 0.2) is 42.6 Å². The lowest BCUT2D eigenvalue weighted by molar-refractivity contribution is -0.114. The number of carbonyl (C=O) groups is 2. The zero-order chi connectivity index (χ0) is 18.5. The SMILES string of the molecule is CC(=O)Nc1cccc(Nc2cc(C(=O)N3CCN(C)CC3)ccn2)c1. The Morgan fingerprint density at radius 2 is 1.77 bits per heavy atom. The third-order valence-corrected chi connectivity index (χ3v) is 4.25. The fourth-order valence-corrected chi connectivity index (χ4v) is 2.85. The number of hydrogen-bond donors (Lipinski definition) is 2. The lowest BCUT2D eigenvalue weighted by atomic mass is 10.2. The molecule has 1 aromatic heterocycles. The van der Waals surface area contributed by atoms with Crippen LogP contribution >= 0.6 is 0 Å². The van der Waals surface area contributed by atoms with Gasteiger partial charge in [-0.1, -0.05) is 6.07 Å². The molecular formula is C19H23N5O2. The van der Waals surface area contributed by atoms with Crippen LogP contribution < -0.4 is 10.6 Å². The van der Waals surface area contributed by atoms with Gasteiger partial charge in [0.05, 0.1) is 0 Å². The molecule has 1 aliphatic heterocycles. The maximum absolute atomic E-state index is 12.7. The van der Waals surface area contributed by atoms with Crippen molar-refractivity contribution in [3.63, 3.8) is 0 Å². The number of rotatable bonds is 4. The molecule has 1 aromatic carbocycles. The van der Waals surface area contributed by atoms with E-state index in [9.17, 15) is 9.59 Å². The number of benzene rings is 1. The lowest BCUT2D eigenvalue weighted by Crippen LogP contribution is -2.47. The second kappa shape index (κ2) is 7.97. The van der Waals surface area contributed by atoms with E-state index in [1.54, 1.807) is 18.3 Å². The van der Waals surface area contributed by atoms with E-state index in [-0.39, 0.29) is 11.8 Å². The molecule has 0 spiro atoms. The average molecular weight is 353 g/mol. The maximum Gasteiger partial charge on any atom is 0.254 e. The van der Waals surface area contributed by atoms with Gasteiger partial charge in [-0.2, -0.15) is 0 Å². The molecule has 1 saturated heterocycles. The lowest BCUT2D eigenvalue weighted by Gasteiger charge is -2.32. The summed E-state index contributed by atoms with van der Waals surface area (Å²) < 4.78 is 0. The molecule has 0 aliphatic carbocycles. The molecule has 7 heteroatoms. The minimum absolute atomic E-state index is 0.0237. The molecule has 2 N–H and O–H groups in total. The monoisotopic (exact) mass is 353 g/mol. The molecule has 0 bridgehead atoms. The first-order valence-electron chi connectivity index (χ1n) is 8.60. The van der Waals surface area contributed by atoms with Gasteiger partial charge in [0.15, 0.2) is 0 Å². The highest BCUT2D eigenvalue weighted by atomic mass is 16.2. The number of amides is 2. The van der Waals surface area contributed by atoms with Crippen LogP contribution in [-0.2, 0) is 4.79 Å². The molecule has 0 unspecified atom stereocenters. The first kappa shape index (κ1) is 17.9. The molecule has 0 atom stereocenters. The summed E-state index contributed by atoms with van der Waals surface area (Å²) in [5.41, 5.74) is 2.10. The van der Waals surface area contributed by atoms with Crippen molar-refractivity contribution in [1.82, 2.24) is 14.8 Å². The predicted molar refractivity (Wildman–Crippen MR) is 102 cm³/mol. The molecule has 7 nitrogen and oxygen atoms in total. The zero-order valence-corrected chi connectivity index (χ0v) is 15.0. The first-order valence-corrected chi connectivity index (χ1v) is 8.60. The number of anilines is 3. The smallest absolute Gasteiger partial charge is 0.254 e. The van der Waals surface area contributed by atoms with Crippen LogP contribution in [0.2, 0.25) is 0 Å². The molecule has 2 aromatic rings. The summed E-state index contributed by atoms with van der Waals surface area (Å²) in [7, 11) is 2.06. The van der Waals surface area contributed by atoms with E-state index in [0.717, 1.165) is 31.9 Å². The molecule has 2 amide bonds. The van der Waals surface area contributed by atoms with E-state index < -0.39 is 0 Å². The van der Waals surface area contributed by atoms with Crippen molar-refractivity contribution in [1.29, 1.82) is 0 Å². The number of hydrogen-bond acceptors (Lipinski definition) is 5. The Balaban J connectivity index is 1.71. The highest BCUT2D eigenvalue weighted by Crippen LogP contribution is 2.20. The Morgan fingerprint density at radius 1 is 1.04 bits per heavy atom. The second-order valence-corrected chi connectivity index (χ2v) is 6.41. The number of carbonyl (C=O) groups excluding carboxylic acids is 2. The van der Waals surface area contributed by atoms with Crippen molar-refractivity contribution in [2.75, 3.05) is 43.9 Å². The minimum Gasteiger partial charge on any atom is -0.340 e. The van der Waals surface area contributed by atoms with Gasteiger partial charge in [-0.05, 0) is 37.4 Å². The summed E-state index contributed by atoms with van der Waals surface area (Å²) in [5, 5.41) is 5.92. The van der Waals surface area contributed by atoms with Crippen molar-refractivity contribution >= 4 is 29.0 Å². The Labute approximate surface area is 153 Å². The van der Waals surface area contributed by atoms with Crippen molar-refractivity contribution in [2.45, 2.75) is 6.92 Å². The minimum atomic E-state index is -0.125. The Kier molecular flexibility index (Phi) is 5.48. The largest absolute Gasteiger partial charge is 0.340 e. The number of piperazine rings is 1. The highest BCUT2D eigenvalue weighted by Gasteiger charge is 2.20. The van der Waals surface area contributed by atoms with Crippen molar-refractivity contribution in [3.05, 3.63) is 48.2 Å². The van der Waals surface area contributed by atoms with Gasteiger partial charge in [0, 0.05) is 56.2 Å². The number of aromatic nitrogens is 1. The van der Waals surface area contributed by atoms with E-state index in [2.05, 4.69) is 27.6 Å². The predicted octanol–water partition coefficient (Wildman–Crippen LogP) is 2.17. The van der Waals surface area contributed by atoms with Crippen LogP contribution in [-0.4, -0.2) is 59.8 Å². The van der Waals surface area contributed by atoms with Crippen molar-refractivity contribution in [3.8, 4) is 0 Å². The number of nitrogens with one attached hydrogen (secondary N) is 2. The molecule has 3 rings (SSSR count). The van der Waals surface area contributed by atoms with Crippen LogP contribution in [0.5, 0.6) is 0 Å². The third kappa shape index (κ3) is 4.58. The quantitative estimate of drug-likeness (QED) is 0.881. The van der Waals surface area contributed by atoms with Gasteiger partial charge in [-0.15, -0.1) is 0 Å². The standard InChI is InChI=1S/C19H23N5O2/c1-14(25)21-16-4-3-5-17(13-16)22-18-12-15(6-7-20-18)19(26)24-10-8-23(2)9-11-24/h3-7,12-13H,8-11H2,1-2H3,(H,20,22)(H,21,25). The van der Waals surface area contributed by atoms with Crippen LogP contribution in [0, 0.1) is 0 Å². The molecular weight excluding hydrogens is 330 g/mol. The number of likely N-dealkylation sites (N-methyl/N-ethyl adjacent to an activating group) is 1. The summed E-state index contributed by atoms with van der Waals surface area (Å²) in [6, 6.07) is 10.8. The van der Waals surface area contributed by atoms with Gasteiger partial charge >= 0.3 is 0 Å². The van der Waals surface area contributed by atoms with E-state index >= 15 is 0 Å². The van der Waals surface area contributed by atoms with E-state index in [0.29, 0.717) is 17.1 Å². The van der Waals surface area contributed by atoms with E-state index in [4.69, 9.17) is 0 Å². The molecule has 0 radical (unpaired) electrons. The Bertz CT molecular complexity index is 800. The van der Waals surface area contributed by atoms with Gasteiger partial charge in [0.2, 0.25) is 5.91 Å². The van der Waals surface area contributed by atoms with Gasteiger partial charge in [0.25, 0.3) is 5.91 Å². The van der Waals surface area contributed by atoms with Gasteiger partial charge in [-0.3, -0.25) is 9.59 Å². The Hall–Kier alpha value is -2.93. The third-order valence-electron chi connectivity index (χ3n) is 4.25. The zero-order valence-electron chi connectivity index (χ0n) is 15.0. The van der Waals surface area contributed by atoms with Crippen molar-refractivity contribution < 1.29 is 9.59 Å². The van der Waals surface area contributed by atoms with Crippen LogP contribution in [0.25, 0.3) is 0 Å². The summed E-state index contributed by atoms with van der Waals surface area (Å²) in [6.45, 7) is 4.71. The van der Waals surface area contributed by atoms with Crippen molar-refractivity contribution in [2.24, 2.45) is 0 Å². The van der Waals surface area contributed by atoms with E-state index in [1.165, 1.54) is 6.92 Å². The maximum atomic E-state index is 12.7.